The van der Waals surface area contributed by atoms with Gasteiger partial charge < -0.3 is 14.5 Å². The highest BCUT2D eigenvalue weighted by molar-refractivity contribution is 5.49. The van der Waals surface area contributed by atoms with E-state index < -0.39 is 0 Å². The fraction of sp³-hybridized carbons (Fsp3) is 0.450. The summed E-state index contributed by atoms with van der Waals surface area (Å²) in [5, 5.41) is 0. The second kappa shape index (κ2) is 8.69. The molecule has 0 aliphatic carbocycles. The van der Waals surface area contributed by atoms with Crippen molar-refractivity contribution in [2.45, 2.75) is 25.8 Å². The highest BCUT2D eigenvalue weighted by Gasteiger charge is 2.13. The number of pyridine rings is 1. The molecule has 4 heteroatoms. The SMILES string of the molecule is COc1ccc(N(CCN2CCCCC2)Cc2ccccn2)cc1. The van der Waals surface area contributed by atoms with Gasteiger partial charge in [-0.05, 0) is 62.3 Å². The van der Waals surface area contributed by atoms with E-state index in [0.29, 0.717) is 0 Å². The molecular weight excluding hydrogens is 298 g/mol. The average Bonchev–Trinajstić information content (AvgIpc) is 2.67. The summed E-state index contributed by atoms with van der Waals surface area (Å²) in [6, 6.07) is 14.4. The van der Waals surface area contributed by atoms with E-state index in [0.717, 1.165) is 31.1 Å². The smallest absolute Gasteiger partial charge is 0.119 e. The second-order valence-corrected chi connectivity index (χ2v) is 6.34. The molecule has 0 spiro atoms. The maximum absolute atomic E-state index is 5.28. The molecule has 128 valence electrons. The Balaban J connectivity index is 1.69. The molecule has 0 saturated carbocycles. The van der Waals surface area contributed by atoms with Crippen LogP contribution in [-0.4, -0.2) is 43.2 Å². The Kier molecular flexibility index (Phi) is 6.07. The maximum atomic E-state index is 5.28. The molecule has 3 rings (SSSR count). The highest BCUT2D eigenvalue weighted by Crippen LogP contribution is 2.21. The van der Waals surface area contributed by atoms with E-state index in [-0.39, 0.29) is 0 Å². The Morgan fingerprint density at radius 1 is 1.04 bits per heavy atom. The van der Waals surface area contributed by atoms with Crippen LogP contribution in [0.2, 0.25) is 0 Å². The first-order chi connectivity index (χ1) is 11.8. The van der Waals surface area contributed by atoms with Gasteiger partial charge in [0.15, 0.2) is 0 Å². The number of nitrogens with zero attached hydrogens (tertiary/aromatic N) is 3. The predicted octanol–water partition coefficient (Wildman–Crippen LogP) is 3.58. The van der Waals surface area contributed by atoms with Crippen LogP contribution in [0.1, 0.15) is 25.0 Å². The number of hydrogen-bond acceptors (Lipinski definition) is 4. The maximum Gasteiger partial charge on any atom is 0.119 e. The van der Waals surface area contributed by atoms with E-state index in [4.69, 9.17) is 4.74 Å². The number of likely N-dealkylation sites (tertiary alicyclic amines) is 1. The van der Waals surface area contributed by atoms with Gasteiger partial charge in [0, 0.05) is 25.0 Å². The monoisotopic (exact) mass is 325 g/mol. The molecule has 0 unspecified atom stereocenters. The molecular formula is C20H27N3O. The minimum absolute atomic E-state index is 0.834. The van der Waals surface area contributed by atoms with Gasteiger partial charge in [0.05, 0.1) is 19.3 Å². The minimum atomic E-state index is 0.834. The van der Waals surface area contributed by atoms with Crippen molar-refractivity contribution in [1.82, 2.24) is 9.88 Å². The lowest BCUT2D eigenvalue weighted by Gasteiger charge is -2.31. The molecule has 1 aliphatic rings. The van der Waals surface area contributed by atoms with Crippen molar-refractivity contribution in [1.29, 1.82) is 0 Å². The van der Waals surface area contributed by atoms with Crippen molar-refractivity contribution in [3.05, 3.63) is 54.4 Å². The molecule has 1 aliphatic heterocycles. The Labute approximate surface area is 145 Å². The van der Waals surface area contributed by atoms with Crippen LogP contribution in [0.4, 0.5) is 5.69 Å². The van der Waals surface area contributed by atoms with Crippen molar-refractivity contribution < 1.29 is 4.74 Å². The first-order valence-electron chi connectivity index (χ1n) is 8.86. The fourth-order valence-electron chi connectivity index (χ4n) is 3.22. The van der Waals surface area contributed by atoms with Gasteiger partial charge in [0.25, 0.3) is 0 Å². The van der Waals surface area contributed by atoms with Crippen molar-refractivity contribution >= 4 is 5.69 Å². The lowest BCUT2D eigenvalue weighted by molar-refractivity contribution is 0.233. The molecule has 0 amide bonds. The summed E-state index contributed by atoms with van der Waals surface area (Å²) in [5.41, 5.74) is 2.32. The summed E-state index contributed by atoms with van der Waals surface area (Å²) in [5.74, 6) is 0.896. The summed E-state index contributed by atoms with van der Waals surface area (Å²) in [6.45, 7) is 5.43. The van der Waals surface area contributed by atoms with Gasteiger partial charge in [-0.3, -0.25) is 4.98 Å². The van der Waals surface area contributed by atoms with Crippen LogP contribution in [0.25, 0.3) is 0 Å². The van der Waals surface area contributed by atoms with Crippen molar-refractivity contribution in [2.24, 2.45) is 0 Å². The second-order valence-electron chi connectivity index (χ2n) is 6.34. The number of rotatable bonds is 7. The number of methoxy groups -OCH3 is 1. The molecule has 1 saturated heterocycles. The zero-order valence-corrected chi connectivity index (χ0v) is 14.5. The molecule has 1 fully saturated rings. The Morgan fingerprint density at radius 2 is 1.83 bits per heavy atom. The van der Waals surface area contributed by atoms with Crippen LogP contribution in [0.5, 0.6) is 5.75 Å². The number of benzene rings is 1. The van der Waals surface area contributed by atoms with Crippen LogP contribution >= 0.6 is 0 Å². The van der Waals surface area contributed by atoms with Gasteiger partial charge in [0.2, 0.25) is 0 Å². The number of hydrogen-bond donors (Lipinski definition) is 0. The third kappa shape index (κ3) is 4.71. The summed E-state index contributed by atoms with van der Waals surface area (Å²) < 4.78 is 5.28. The molecule has 2 aromatic rings. The van der Waals surface area contributed by atoms with Crippen LogP contribution in [0.3, 0.4) is 0 Å². The lowest BCUT2D eigenvalue weighted by atomic mass is 10.1. The van der Waals surface area contributed by atoms with E-state index in [2.05, 4.69) is 39.0 Å². The number of ether oxygens (including phenoxy) is 1. The Hall–Kier alpha value is -2.07. The van der Waals surface area contributed by atoms with E-state index in [1.54, 1.807) is 7.11 Å². The zero-order valence-electron chi connectivity index (χ0n) is 14.5. The third-order valence-corrected chi connectivity index (χ3v) is 4.65. The number of piperidine rings is 1. The standard InChI is InChI=1S/C20H27N3O/c1-24-20-10-8-19(9-11-20)23(17-18-7-3-4-12-21-18)16-15-22-13-5-2-6-14-22/h3-4,7-12H,2,5-6,13-17H2,1H3. The minimum Gasteiger partial charge on any atom is -0.497 e. The molecule has 4 nitrogen and oxygen atoms in total. The van der Waals surface area contributed by atoms with Crippen molar-refractivity contribution in [3.8, 4) is 5.75 Å². The average molecular weight is 325 g/mol. The first-order valence-corrected chi connectivity index (χ1v) is 8.86. The van der Waals surface area contributed by atoms with Crippen molar-refractivity contribution in [2.75, 3.05) is 38.2 Å². The largest absolute Gasteiger partial charge is 0.497 e. The van der Waals surface area contributed by atoms with Crippen LogP contribution in [0, 0.1) is 0 Å². The normalized spacial score (nSPS) is 15.2. The number of aromatic nitrogens is 1. The highest BCUT2D eigenvalue weighted by atomic mass is 16.5. The van der Waals surface area contributed by atoms with Gasteiger partial charge >= 0.3 is 0 Å². The van der Waals surface area contributed by atoms with Crippen LogP contribution < -0.4 is 9.64 Å². The molecule has 0 atom stereocenters. The molecule has 2 heterocycles. The molecule has 0 N–H and O–H groups in total. The molecule has 0 radical (unpaired) electrons. The van der Waals surface area contributed by atoms with Gasteiger partial charge in [-0.15, -0.1) is 0 Å². The van der Waals surface area contributed by atoms with Gasteiger partial charge in [-0.2, -0.15) is 0 Å². The zero-order chi connectivity index (χ0) is 16.6. The molecule has 0 bridgehead atoms. The van der Waals surface area contributed by atoms with Gasteiger partial charge in [-0.1, -0.05) is 12.5 Å². The summed E-state index contributed by atoms with van der Waals surface area (Å²) >= 11 is 0. The number of anilines is 1. The van der Waals surface area contributed by atoms with E-state index in [9.17, 15) is 0 Å². The summed E-state index contributed by atoms with van der Waals surface area (Å²) in [4.78, 5) is 9.49. The summed E-state index contributed by atoms with van der Waals surface area (Å²) in [6.07, 6.45) is 5.92. The van der Waals surface area contributed by atoms with Gasteiger partial charge in [0.1, 0.15) is 5.75 Å². The third-order valence-electron chi connectivity index (χ3n) is 4.65. The fourth-order valence-corrected chi connectivity index (χ4v) is 3.22. The van der Waals surface area contributed by atoms with E-state index >= 15 is 0 Å². The van der Waals surface area contributed by atoms with E-state index in [1.807, 2.05) is 24.4 Å². The quantitative estimate of drug-likeness (QED) is 0.778. The topological polar surface area (TPSA) is 28.6 Å². The lowest BCUT2D eigenvalue weighted by Crippen LogP contribution is -2.37. The van der Waals surface area contributed by atoms with Crippen molar-refractivity contribution in [3.63, 3.8) is 0 Å². The molecule has 24 heavy (non-hydrogen) atoms. The Bertz CT molecular complexity index is 594. The van der Waals surface area contributed by atoms with Crippen LogP contribution in [-0.2, 0) is 6.54 Å². The molecule has 1 aromatic carbocycles. The first kappa shape index (κ1) is 16.8. The predicted molar refractivity (Wildman–Crippen MR) is 98.6 cm³/mol. The summed E-state index contributed by atoms with van der Waals surface area (Å²) in [7, 11) is 1.71. The Morgan fingerprint density at radius 3 is 2.50 bits per heavy atom. The molecule has 1 aromatic heterocycles. The van der Waals surface area contributed by atoms with Crippen LogP contribution in [0.15, 0.2) is 48.7 Å². The van der Waals surface area contributed by atoms with Gasteiger partial charge in [-0.25, -0.2) is 0 Å². The van der Waals surface area contributed by atoms with E-state index in [1.165, 1.54) is 38.0 Å².